The lowest BCUT2D eigenvalue weighted by Crippen LogP contribution is -2.39. The van der Waals surface area contributed by atoms with Crippen molar-refractivity contribution in [3.8, 4) is 11.5 Å². The highest BCUT2D eigenvalue weighted by Gasteiger charge is 2.18. The Balaban J connectivity index is 0.00000192. The number of fused-ring (bicyclic) bond motifs is 1. The number of hydrogen-bond acceptors (Lipinski definition) is 3. The van der Waals surface area contributed by atoms with Crippen LogP contribution in [-0.4, -0.2) is 43.7 Å². The van der Waals surface area contributed by atoms with Gasteiger partial charge in [0, 0.05) is 19.6 Å². The minimum atomic E-state index is 0. The van der Waals surface area contributed by atoms with Gasteiger partial charge in [-0.15, -0.1) is 24.0 Å². The molecule has 2 aliphatic heterocycles. The Morgan fingerprint density at radius 1 is 1.26 bits per heavy atom. The Labute approximate surface area is 159 Å². The Bertz CT molecular complexity index is 563. The Kier molecular flexibility index (Phi) is 7.08. The lowest BCUT2D eigenvalue weighted by molar-refractivity contribution is 0.171. The third-order valence-electron chi connectivity index (χ3n) is 3.81. The molecule has 3 rings (SSSR count). The second kappa shape index (κ2) is 8.82. The van der Waals surface area contributed by atoms with Gasteiger partial charge in [-0.25, -0.2) is 4.99 Å². The number of aliphatic imine (C=N–C) groups is 1. The summed E-state index contributed by atoms with van der Waals surface area (Å²) in [6.07, 6.45) is 2.47. The van der Waals surface area contributed by atoms with E-state index in [-0.39, 0.29) is 24.0 Å². The minimum absolute atomic E-state index is 0. The molecular weight excluding hydrogens is 429 g/mol. The topological polar surface area (TPSA) is 46.1 Å². The van der Waals surface area contributed by atoms with Gasteiger partial charge in [0.25, 0.3) is 0 Å². The molecule has 0 atom stereocenters. The molecule has 1 aromatic carbocycles. The zero-order valence-corrected chi connectivity index (χ0v) is 16.4. The smallest absolute Gasteiger partial charge is 0.194 e. The Hall–Kier alpha value is -0.890. The van der Waals surface area contributed by atoms with Crippen LogP contribution in [0.1, 0.15) is 25.3 Å². The monoisotopic (exact) mass is 451 g/mol. The van der Waals surface area contributed by atoms with Crippen LogP contribution in [0.4, 0.5) is 0 Å². The van der Waals surface area contributed by atoms with Crippen molar-refractivity contribution in [2.75, 3.05) is 32.8 Å². The van der Waals surface area contributed by atoms with E-state index in [0.717, 1.165) is 36.9 Å². The molecule has 0 radical (unpaired) electrons. The van der Waals surface area contributed by atoms with Gasteiger partial charge in [-0.05, 0) is 37.5 Å². The van der Waals surface area contributed by atoms with Gasteiger partial charge in [0.2, 0.25) is 0 Å². The van der Waals surface area contributed by atoms with Gasteiger partial charge in [0.1, 0.15) is 13.2 Å². The number of guanidine groups is 1. The zero-order chi connectivity index (χ0) is 15.4. The van der Waals surface area contributed by atoms with E-state index in [9.17, 15) is 0 Å². The summed E-state index contributed by atoms with van der Waals surface area (Å²) in [5, 5.41) is 3.95. The van der Waals surface area contributed by atoms with Crippen molar-refractivity contribution in [2.45, 2.75) is 26.3 Å². The molecule has 23 heavy (non-hydrogen) atoms. The molecule has 0 aromatic heterocycles. The van der Waals surface area contributed by atoms with Crippen LogP contribution < -0.4 is 14.8 Å². The van der Waals surface area contributed by atoms with E-state index in [2.05, 4.69) is 17.1 Å². The van der Waals surface area contributed by atoms with Crippen LogP contribution in [0, 0.1) is 0 Å². The summed E-state index contributed by atoms with van der Waals surface area (Å²) in [4.78, 5) is 7.04. The standard InChI is InChI=1S/C16H22ClN3O2.HI/c1-2-18-16(20-5-3-4-6-20)19-11-12-9-13(17)15-14(10-12)21-7-8-22-15;/h9-10H,2-8,11H2,1H3,(H,18,19);1H. The molecule has 2 heterocycles. The predicted molar refractivity (Wildman–Crippen MR) is 103 cm³/mol. The zero-order valence-electron chi connectivity index (χ0n) is 13.3. The second-order valence-corrected chi connectivity index (χ2v) is 5.87. The molecule has 1 N–H and O–H groups in total. The van der Waals surface area contributed by atoms with Crippen molar-refractivity contribution >= 4 is 41.5 Å². The molecule has 1 saturated heterocycles. The maximum atomic E-state index is 6.27. The normalized spacial score (nSPS) is 17.0. The van der Waals surface area contributed by atoms with Crippen molar-refractivity contribution in [3.63, 3.8) is 0 Å². The first-order chi connectivity index (χ1) is 10.8. The molecule has 0 unspecified atom stereocenters. The number of nitrogens with one attached hydrogen (secondary N) is 1. The summed E-state index contributed by atoms with van der Waals surface area (Å²) in [6, 6.07) is 3.88. The summed E-state index contributed by atoms with van der Waals surface area (Å²) >= 11 is 6.27. The van der Waals surface area contributed by atoms with E-state index in [1.54, 1.807) is 0 Å². The number of rotatable bonds is 3. The van der Waals surface area contributed by atoms with Crippen molar-refractivity contribution < 1.29 is 9.47 Å². The molecule has 1 aromatic rings. The molecule has 5 nitrogen and oxygen atoms in total. The van der Waals surface area contributed by atoms with Gasteiger partial charge < -0.3 is 19.7 Å². The summed E-state index contributed by atoms with van der Waals surface area (Å²) < 4.78 is 11.2. The fourth-order valence-corrected chi connectivity index (χ4v) is 3.06. The van der Waals surface area contributed by atoms with Crippen LogP contribution in [0.15, 0.2) is 17.1 Å². The quantitative estimate of drug-likeness (QED) is 0.435. The van der Waals surface area contributed by atoms with E-state index < -0.39 is 0 Å². The number of ether oxygens (including phenoxy) is 2. The molecule has 1 fully saturated rings. The molecule has 128 valence electrons. The molecule has 2 aliphatic rings. The van der Waals surface area contributed by atoms with Crippen LogP contribution >= 0.6 is 35.6 Å². The maximum absolute atomic E-state index is 6.27. The molecular formula is C16H23ClIN3O2. The average Bonchev–Trinajstić information content (AvgIpc) is 3.06. The highest BCUT2D eigenvalue weighted by Crippen LogP contribution is 2.38. The lowest BCUT2D eigenvalue weighted by Gasteiger charge is -2.21. The lowest BCUT2D eigenvalue weighted by atomic mass is 10.2. The first kappa shape index (κ1) is 18.4. The summed E-state index contributed by atoms with van der Waals surface area (Å²) in [7, 11) is 0. The van der Waals surface area contributed by atoms with E-state index >= 15 is 0 Å². The minimum Gasteiger partial charge on any atom is -0.486 e. The van der Waals surface area contributed by atoms with E-state index in [1.807, 2.05) is 12.1 Å². The fraction of sp³-hybridized carbons (Fsp3) is 0.562. The van der Waals surface area contributed by atoms with Crippen molar-refractivity contribution in [3.05, 3.63) is 22.7 Å². The first-order valence-corrected chi connectivity index (χ1v) is 8.27. The van der Waals surface area contributed by atoms with Crippen LogP contribution in [0.3, 0.4) is 0 Å². The number of benzene rings is 1. The van der Waals surface area contributed by atoms with Crippen LogP contribution in [0.5, 0.6) is 11.5 Å². The van der Waals surface area contributed by atoms with Crippen molar-refractivity contribution in [1.82, 2.24) is 10.2 Å². The third-order valence-corrected chi connectivity index (χ3v) is 4.09. The van der Waals surface area contributed by atoms with E-state index in [4.69, 9.17) is 26.1 Å². The maximum Gasteiger partial charge on any atom is 0.194 e. The van der Waals surface area contributed by atoms with Crippen LogP contribution in [-0.2, 0) is 6.54 Å². The summed E-state index contributed by atoms with van der Waals surface area (Å²) in [6.45, 7) is 6.80. The average molecular weight is 452 g/mol. The highest BCUT2D eigenvalue weighted by atomic mass is 127. The Morgan fingerprint density at radius 2 is 2.00 bits per heavy atom. The van der Waals surface area contributed by atoms with Gasteiger partial charge in [-0.1, -0.05) is 11.6 Å². The number of likely N-dealkylation sites (tertiary alicyclic amines) is 1. The predicted octanol–water partition coefficient (Wildman–Crippen LogP) is 3.29. The second-order valence-electron chi connectivity index (χ2n) is 5.47. The van der Waals surface area contributed by atoms with Gasteiger partial charge in [-0.3, -0.25) is 0 Å². The van der Waals surface area contributed by atoms with Gasteiger partial charge in [-0.2, -0.15) is 0 Å². The largest absolute Gasteiger partial charge is 0.486 e. The van der Waals surface area contributed by atoms with Crippen molar-refractivity contribution in [2.24, 2.45) is 4.99 Å². The highest BCUT2D eigenvalue weighted by molar-refractivity contribution is 14.0. The SMILES string of the molecule is CCNC(=NCc1cc(Cl)c2c(c1)OCCO2)N1CCCC1.I. The van der Waals surface area contributed by atoms with Gasteiger partial charge in [0.15, 0.2) is 17.5 Å². The fourth-order valence-electron chi connectivity index (χ4n) is 2.78. The number of nitrogens with zero attached hydrogens (tertiary/aromatic N) is 2. The summed E-state index contributed by atoms with van der Waals surface area (Å²) in [5.41, 5.74) is 1.03. The number of halogens is 2. The molecule has 7 heteroatoms. The van der Waals surface area contributed by atoms with E-state index in [0.29, 0.717) is 30.5 Å². The molecule has 0 amide bonds. The molecule has 0 aliphatic carbocycles. The van der Waals surface area contributed by atoms with E-state index in [1.165, 1.54) is 12.8 Å². The van der Waals surface area contributed by atoms with Gasteiger partial charge in [0.05, 0.1) is 11.6 Å². The third kappa shape index (κ3) is 4.56. The summed E-state index contributed by atoms with van der Waals surface area (Å²) in [5.74, 6) is 2.34. The molecule has 0 spiro atoms. The first-order valence-electron chi connectivity index (χ1n) is 7.89. The van der Waals surface area contributed by atoms with Crippen LogP contribution in [0.2, 0.25) is 5.02 Å². The van der Waals surface area contributed by atoms with Gasteiger partial charge >= 0.3 is 0 Å². The Morgan fingerprint density at radius 3 is 2.74 bits per heavy atom. The molecule has 0 bridgehead atoms. The van der Waals surface area contributed by atoms with Crippen LogP contribution in [0.25, 0.3) is 0 Å². The van der Waals surface area contributed by atoms with Crippen molar-refractivity contribution in [1.29, 1.82) is 0 Å². The number of hydrogen-bond donors (Lipinski definition) is 1. The molecule has 0 saturated carbocycles.